The molecule has 2 aliphatic carbocycles. The van der Waals surface area contributed by atoms with Crippen molar-refractivity contribution < 1.29 is 4.79 Å². The van der Waals surface area contributed by atoms with Gasteiger partial charge in [-0.05, 0) is 44.4 Å². The number of nitrogens with zero attached hydrogens (tertiary/aromatic N) is 1. The van der Waals surface area contributed by atoms with Crippen molar-refractivity contribution in [3.05, 3.63) is 0 Å². The molecule has 11 heavy (non-hydrogen) atoms. The molecule has 2 nitrogen and oxygen atoms in total. The van der Waals surface area contributed by atoms with Crippen molar-refractivity contribution in [2.45, 2.75) is 38.1 Å². The first-order valence-corrected chi connectivity index (χ1v) is 4.36. The number of aliphatic imine (C=N–C) groups is 1. The van der Waals surface area contributed by atoms with E-state index in [0.717, 1.165) is 0 Å². The zero-order chi connectivity index (χ0) is 7.90. The minimum Gasteiger partial charge on any atom is -0.211 e. The smallest absolute Gasteiger partial charge is 0.211 e. The second-order valence-corrected chi connectivity index (χ2v) is 3.98. The van der Waals surface area contributed by atoms with Gasteiger partial charge < -0.3 is 0 Å². The third-order valence-electron chi connectivity index (χ3n) is 3.09. The van der Waals surface area contributed by atoms with E-state index in [4.69, 9.17) is 0 Å². The van der Waals surface area contributed by atoms with Crippen LogP contribution in [0.1, 0.15) is 32.6 Å². The highest BCUT2D eigenvalue weighted by atomic mass is 16.1. The quantitative estimate of drug-likeness (QED) is 0.447. The molecule has 0 bridgehead atoms. The minimum absolute atomic E-state index is 0.0260. The van der Waals surface area contributed by atoms with E-state index in [2.05, 4.69) is 11.9 Å². The minimum atomic E-state index is -0.0260. The number of hydrogen-bond acceptors (Lipinski definition) is 2. The maximum Gasteiger partial charge on any atom is 0.235 e. The van der Waals surface area contributed by atoms with Crippen LogP contribution in [0, 0.1) is 11.8 Å². The topological polar surface area (TPSA) is 29.4 Å². The van der Waals surface area contributed by atoms with Gasteiger partial charge in [0.2, 0.25) is 6.08 Å². The summed E-state index contributed by atoms with van der Waals surface area (Å²) in [5.41, 5.74) is -0.0260. The molecular weight excluding hydrogens is 138 g/mol. The van der Waals surface area contributed by atoms with Gasteiger partial charge in [0.05, 0.1) is 5.54 Å². The number of hydrogen-bond donors (Lipinski definition) is 0. The van der Waals surface area contributed by atoms with E-state index >= 15 is 0 Å². The van der Waals surface area contributed by atoms with E-state index in [1.54, 1.807) is 6.08 Å². The zero-order valence-electron chi connectivity index (χ0n) is 6.84. The summed E-state index contributed by atoms with van der Waals surface area (Å²) in [6.07, 6.45) is 6.77. The van der Waals surface area contributed by atoms with Gasteiger partial charge >= 0.3 is 0 Å². The van der Waals surface area contributed by atoms with Gasteiger partial charge in [0.1, 0.15) is 0 Å². The van der Waals surface area contributed by atoms with Crippen LogP contribution in [-0.2, 0) is 4.79 Å². The fourth-order valence-corrected chi connectivity index (χ4v) is 1.95. The van der Waals surface area contributed by atoms with Crippen molar-refractivity contribution in [2.24, 2.45) is 16.8 Å². The van der Waals surface area contributed by atoms with Crippen LogP contribution in [0.2, 0.25) is 0 Å². The highest BCUT2D eigenvalue weighted by Crippen LogP contribution is 2.53. The molecule has 0 radical (unpaired) electrons. The summed E-state index contributed by atoms with van der Waals surface area (Å²) in [5, 5.41) is 0. The molecule has 2 heteroatoms. The Hall–Kier alpha value is -0.620. The molecule has 0 aromatic heterocycles. The van der Waals surface area contributed by atoms with Crippen LogP contribution in [0.3, 0.4) is 0 Å². The van der Waals surface area contributed by atoms with Crippen molar-refractivity contribution in [1.82, 2.24) is 0 Å². The van der Waals surface area contributed by atoms with Gasteiger partial charge in [0, 0.05) is 0 Å². The number of isocyanates is 1. The number of carbonyl (C=O) groups excluding carboxylic acids is 1. The summed E-state index contributed by atoms with van der Waals surface area (Å²) in [4.78, 5) is 14.2. The molecule has 0 aromatic rings. The van der Waals surface area contributed by atoms with Gasteiger partial charge in [0.25, 0.3) is 0 Å². The lowest BCUT2D eigenvalue weighted by atomic mass is 9.91. The van der Waals surface area contributed by atoms with Crippen LogP contribution in [0.5, 0.6) is 0 Å². The summed E-state index contributed by atoms with van der Waals surface area (Å²) in [5.74, 6) is 1.38. The molecule has 2 fully saturated rings. The van der Waals surface area contributed by atoms with E-state index in [9.17, 15) is 4.79 Å². The second kappa shape index (κ2) is 2.18. The van der Waals surface area contributed by atoms with Gasteiger partial charge in [-0.1, -0.05) is 0 Å². The Morgan fingerprint density at radius 2 is 1.73 bits per heavy atom. The summed E-state index contributed by atoms with van der Waals surface area (Å²) < 4.78 is 0. The van der Waals surface area contributed by atoms with Crippen LogP contribution >= 0.6 is 0 Å². The Morgan fingerprint density at radius 3 is 2.00 bits per heavy atom. The fraction of sp³-hybridized carbons (Fsp3) is 0.889. The molecule has 0 aliphatic heterocycles. The molecule has 0 atom stereocenters. The van der Waals surface area contributed by atoms with Crippen molar-refractivity contribution in [3.63, 3.8) is 0 Å². The third kappa shape index (κ3) is 1.12. The monoisotopic (exact) mass is 151 g/mol. The Balaban J connectivity index is 2.15. The lowest BCUT2D eigenvalue weighted by molar-refractivity contribution is 0.357. The Morgan fingerprint density at radius 1 is 1.27 bits per heavy atom. The maximum atomic E-state index is 10.2. The van der Waals surface area contributed by atoms with E-state index in [0.29, 0.717) is 11.8 Å². The molecule has 0 unspecified atom stereocenters. The number of rotatable bonds is 3. The SMILES string of the molecule is CC(N=C=O)(C1CC1)C1CC1. The summed E-state index contributed by atoms with van der Waals surface area (Å²) in [7, 11) is 0. The van der Waals surface area contributed by atoms with Crippen molar-refractivity contribution in [3.8, 4) is 0 Å². The molecule has 0 spiro atoms. The Labute approximate surface area is 66.7 Å². The first-order chi connectivity index (χ1) is 5.27. The van der Waals surface area contributed by atoms with Crippen LogP contribution < -0.4 is 0 Å². The summed E-state index contributed by atoms with van der Waals surface area (Å²) >= 11 is 0. The molecule has 0 N–H and O–H groups in total. The van der Waals surface area contributed by atoms with Crippen molar-refractivity contribution >= 4 is 6.08 Å². The van der Waals surface area contributed by atoms with E-state index in [1.165, 1.54) is 25.7 Å². The average Bonchev–Trinajstić information content (AvgIpc) is 2.84. The Bertz CT molecular complexity index is 198. The van der Waals surface area contributed by atoms with Crippen LogP contribution in [-0.4, -0.2) is 11.6 Å². The van der Waals surface area contributed by atoms with Gasteiger partial charge in [-0.3, -0.25) is 0 Å². The van der Waals surface area contributed by atoms with Crippen molar-refractivity contribution in [1.29, 1.82) is 0 Å². The van der Waals surface area contributed by atoms with Gasteiger partial charge in [-0.15, -0.1) is 0 Å². The fourth-order valence-electron chi connectivity index (χ4n) is 1.95. The first kappa shape index (κ1) is 7.05. The van der Waals surface area contributed by atoms with Gasteiger partial charge in [0.15, 0.2) is 0 Å². The normalized spacial score (nSPS) is 24.5. The highest BCUT2D eigenvalue weighted by molar-refractivity contribution is 5.36. The standard InChI is InChI=1S/C9H13NO/c1-9(10-6-11,7-2-3-7)8-4-5-8/h7-8H,2-5H2,1H3. The molecule has 0 saturated heterocycles. The first-order valence-electron chi connectivity index (χ1n) is 4.36. The van der Waals surface area contributed by atoms with E-state index in [-0.39, 0.29) is 5.54 Å². The molecular formula is C9H13NO. The van der Waals surface area contributed by atoms with Crippen LogP contribution in [0.15, 0.2) is 4.99 Å². The summed E-state index contributed by atoms with van der Waals surface area (Å²) in [6, 6.07) is 0. The molecule has 2 saturated carbocycles. The molecule has 0 aromatic carbocycles. The van der Waals surface area contributed by atoms with Crippen LogP contribution in [0.4, 0.5) is 0 Å². The Kier molecular flexibility index (Phi) is 1.40. The molecule has 60 valence electrons. The largest absolute Gasteiger partial charge is 0.235 e. The molecule has 0 amide bonds. The zero-order valence-corrected chi connectivity index (χ0v) is 6.84. The molecule has 0 heterocycles. The van der Waals surface area contributed by atoms with Gasteiger partial charge in [-0.2, -0.15) is 4.99 Å². The van der Waals surface area contributed by atoms with E-state index < -0.39 is 0 Å². The van der Waals surface area contributed by atoms with Crippen LogP contribution in [0.25, 0.3) is 0 Å². The average molecular weight is 151 g/mol. The predicted octanol–water partition coefficient (Wildman–Crippen LogP) is 1.90. The summed E-state index contributed by atoms with van der Waals surface area (Å²) in [6.45, 7) is 2.12. The predicted molar refractivity (Wildman–Crippen MR) is 42.0 cm³/mol. The van der Waals surface area contributed by atoms with Crippen molar-refractivity contribution in [2.75, 3.05) is 0 Å². The lowest BCUT2D eigenvalue weighted by Crippen LogP contribution is -2.27. The highest BCUT2D eigenvalue weighted by Gasteiger charge is 2.51. The molecule has 2 aliphatic rings. The molecule has 2 rings (SSSR count). The van der Waals surface area contributed by atoms with Gasteiger partial charge in [-0.25, -0.2) is 4.79 Å². The second-order valence-electron chi connectivity index (χ2n) is 3.98. The maximum absolute atomic E-state index is 10.2. The van der Waals surface area contributed by atoms with E-state index in [1.807, 2.05) is 0 Å². The third-order valence-corrected chi connectivity index (χ3v) is 3.09. The lowest BCUT2D eigenvalue weighted by Gasteiger charge is -2.21.